The third-order valence-electron chi connectivity index (χ3n) is 5.79. The second kappa shape index (κ2) is 7.40. The highest BCUT2D eigenvalue weighted by Crippen LogP contribution is 2.39. The normalized spacial score (nSPS) is 15.4. The van der Waals surface area contributed by atoms with E-state index in [-0.39, 0.29) is 18.1 Å². The van der Waals surface area contributed by atoms with Crippen molar-refractivity contribution in [3.63, 3.8) is 0 Å². The maximum atomic E-state index is 13.7. The van der Waals surface area contributed by atoms with Gasteiger partial charge in [-0.3, -0.25) is 9.59 Å². The van der Waals surface area contributed by atoms with Crippen molar-refractivity contribution in [1.29, 1.82) is 0 Å². The zero-order chi connectivity index (χ0) is 21.5. The number of fused-ring (bicyclic) bond motifs is 2. The Balaban J connectivity index is 1.62. The summed E-state index contributed by atoms with van der Waals surface area (Å²) >= 11 is 0. The molecule has 0 fully saturated rings. The summed E-state index contributed by atoms with van der Waals surface area (Å²) in [5, 5.41) is 9.47. The van der Waals surface area contributed by atoms with Gasteiger partial charge in [0, 0.05) is 17.5 Å². The number of anilines is 1. The number of methoxy groups -OCH3 is 1. The van der Waals surface area contributed by atoms with Gasteiger partial charge in [0.25, 0.3) is 0 Å². The van der Waals surface area contributed by atoms with Crippen LogP contribution in [-0.4, -0.2) is 28.6 Å². The van der Waals surface area contributed by atoms with E-state index in [0.717, 1.165) is 33.5 Å². The van der Waals surface area contributed by atoms with Crippen molar-refractivity contribution in [2.24, 2.45) is 0 Å². The van der Waals surface area contributed by atoms with E-state index in [1.54, 1.807) is 11.8 Å². The number of ketones is 1. The van der Waals surface area contributed by atoms with E-state index in [2.05, 4.69) is 10.4 Å². The highest BCUT2D eigenvalue weighted by atomic mass is 16.5. The summed E-state index contributed by atoms with van der Waals surface area (Å²) in [5.41, 5.74) is 2.90. The van der Waals surface area contributed by atoms with Gasteiger partial charge in [-0.1, -0.05) is 42.5 Å². The minimum Gasteiger partial charge on any atom is -0.497 e. The van der Waals surface area contributed by atoms with Crippen molar-refractivity contribution in [3.8, 4) is 11.4 Å². The standard InChI is InChI=1S/C25H21N3O3/c1-15-23-21(24(30)20-9-5-7-16-6-3-4-8-19(16)20)14-22(29)26-25(23)28(27-15)17-10-12-18(31-2)13-11-17/h3-13,21H,14H2,1-2H3,(H,26,29). The number of nitrogens with zero attached hydrogens (tertiary/aromatic N) is 2. The highest BCUT2D eigenvalue weighted by molar-refractivity contribution is 6.14. The lowest BCUT2D eigenvalue weighted by atomic mass is 9.84. The fourth-order valence-electron chi connectivity index (χ4n) is 4.31. The topological polar surface area (TPSA) is 73.2 Å². The number of Topliss-reactive ketones (excluding diaryl/α,β-unsaturated/α-hetero) is 1. The maximum Gasteiger partial charge on any atom is 0.226 e. The molecule has 6 heteroatoms. The number of aromatic nitrogens is 2. The van der Waals surface area contributed by atoms with Crippen LogP contribution >= 0.6 is 0 Å². The van der Waals surface area contributed by atoms with Gasteiger partial charge in [-0.25, -0.2) is 4.68 Å². The first-order valence-corrected chi connectivity index (χ1v) is 10.1. The van der Waals surface area contributed by atoms with Crippen molar-refractivity contribution in [1.82, 2.24) is 9.78 Å². The van der Waals surface area contributed by atoms with Crippen molar-refractivity contribution < 1.29 is 14.3 Å². The van der Waals surface area contributed by atoms with E-state index in [0.29, 0.717) is 11.4 Å². The van der Waals surface area contributed by atoms with E-state index < -0.39 is 5.92 Å². The lowest BCUT2D eigenvalue weighted by molar-refractivity contribution is -0.116. The summed E-state index contributed by atoms with van der Waals surface area (Å²) in [6, 6.07) is 20.9. The van der Waals surface area contributed by atoms with Crippen LogP contribution in [0.15, 0.2) is 66.7 Å². The number of aryl methyl sites for hydroxylation is 1. The van der Waals surface area contributed by atoms with Crippen LogP contribution in [0, 0.1) is 6.92 Å². The molecule has 4 aromatic rings. The number of carbonyl (C=O) groups excluding carboxylic acids is 2. The molecular formula is C25H21N3O3. The molecule has 1 atom stereocenters. The van der Waals surface area contributed by atoms with Gasteiger partial charge in [0.2, 0.25) is 5.91 Å². The van der Waals surface area contributed by atoms with E-state index in [4.69, 9.17) is 4.74 Å². The molecule has 1 aliphatic rings. The Morgan fingerprint density at radius 3 is 2.58 bits per heavy atom. The summed E-state index contributed by atoms with van der Waals surface area (Å²) in [5.74, 6) is 0.444. The number of hydrogen-bond donors (Lipinski definition) is 1. The number of ether oxygens (including phenoxy) is 1. The molecule has 0 saturated carbocycles. The van der Waals surface area contributed by atoms with Crippen LogP contribution in [0.25, 0.3) is 16.5 Å². The molecule has 1 unspecified atom stereocenters. The first-order chi connectivity index (χ1) is 15.1. The molecule has 1 aromatic heterocycles. The molecular weight excluding hydrogens is 390 g/mol. The molecule has 0 bridgehead atoms. The van der Waals surface area contributed by atoms with Crippen molar-refractivity contribution in [2.45, 2.75) is 19.3 Å². The molecule has 5 rings (SSSR count). The lowest BCUT2D eigenvalue weighted by Gasteiger charge is -2.23. The zero-order valence-corrected chi connectivity index (χ0v) is 17.3. The van der Waals surface area contributed by atoms with Gasteiger partial charge in [0.05, 0.1) is 24.4 Å². The van der Waals surface area contributed by atoms with Crippen LogP contribution in [0.5, 0.6) is 5.75 Å². The van der Waals surface area contributed by atoms with Crippen LogP contribution in [0.2, 0.25) is 0 Å². The molecule has 0 aliphatic carbocycles. The first kappa shape index (κ1) is 19.1. The average molecular weight is 411 g/mol. The minimum atomic E-state index is -0.582. The maximum absolute atomic E-state index is 13.7. The number of hydrogen-bond acceptors (Lipinski definition) is 4. The zero-order valence-electron chi connectivity index (χ0n) is 17.3. The highest BCUT2D eigenvalue weighted by Gasteiger charge is 2.36. The van der Waals surface area contributed by atoms with Crippen LogP contribution in [0.3, 0.4) is 0 Å². The van der Waals surface area contributed by atoms with Gasteiger partial charge in [0.15, 0.2) is 5.78 Å². The van der Waals surface area contributed by atoms with Crippen LogP contribution in [0.1, 0.15) is 34.0 Å². The summed E-state index contributed by atoms with van der Waals surface area (Å²) in [6.45, 7) is 1.87. The van der Waals surface area contributed by atoms with Gasteiger partial charge >= 0.3 is 0 Å². The Hall–Kier alpha value is -3.93. The third-order valence-corrected chi connectivity index (χ3v) is 5.79. The molecule has 31 heavy (non-hydrogen) atoms. The Morgan fingerprint density at radius 2 is 1.81 bits per heavy atom. The average Bonchev–Trinajstić information content (AvgIpc) is 3.13. The van der Waals surface area contributed by atoms with Crippen LogP contribution < -0.4 is 10.1 Å². The molecule has 1 amide bonds. The van der Waals surface area contributed by atoms with Crippen molar-refractivity contribution >= 4 is 28.3 Å². The molecule has 154 valence electrons. The molecule has 1 aliphatic heterocycles. The smallest absolute Gasteiger partial charge is 0.226 e. The summed E-state index contributed by atoms with van der Waals surface area (Å²) in [7, 11) is 1.61. The summed E-state index contributed by atoms with van der Waals surface area (Å²) < 4.78 is 6.91. The fourth-order valence-corrected chi connectivity index (χ4v) is 4.31. The Bertz CT molecular complexity index is 1320. The summed E-state index contributed by atoms with van der Waals surface area (Å²) in [6.07, 6.45) is 0.101. The predicted molar refractivity (Wildman–Crippen MR) is 119 cm³/mol. The molecule has 6 nitrogen and oxygen atoms in total. The molecule has 2 heterocycles. The number of amides is 1. The Morgan fingerprint density at radius 1 is 1.06 bits per heavy atom. The Labute approximate surface area is 179 Å². The molecule has 1 N–H and O–H groups in total. The van der Waals surface area contributed by atoms with Crippen LogP contribution in [-0.2, 0) is 4.79 Å². The largest absolute Gasteiger partial charge is 0.497 e. The fraction of sp³-hybridized carbons (Fsp3) is 0.160. The third kappa shape index (κ3) is 3.17. The molecule has 0 saturated heterocycles. The number of carbonyl (C=O) groups is 2. The van der Waals surface area contributed by atoms with Gasteiger partial charge in [-0.05, 0) is 42.0 Å². The second-order valence-corrected chi connectivity index (χ2v) is 7.65. The monoisotopic (exact) mass is 411 g/mol. The van der Waals surface area contributed by atoms with Gasteiger partial charge < -0.3 is 10.1 Å². The number of nitrogens with one attached hydrogen (secondary N) is 1. The van der Waals surface area contributed by atoms with Gasteiger partial charge in [-0.2, -0.15) is 5.10 Å². The summed E-state index contributed by atoms with van der Waals surface area (Å²) in [4.78, 5) is 26.3. The molecule has 3 aromatic carbocycles. The van der Waals surface area contributed by atoms with Crippen molar-refractivity contribution in [3.05, 3.63) is 83.6 Å². The quantitative estimate of drug-likeness (QED) is 0.496. The lowest BCUT2D eigenvalue weighted by Crippen LogP contribution is -2.28. The van der Waals surface area contributed by atoms with Crippen LogP contribution in [0.4, 0.5) is 5.82 Å². The van der Waals surface area contributed by atoms with Gasteiger partial charge in [-0.15, -0.1) is 0 Å². The van der Waals surface area contributed by atoms with E-state index in [1.165, 1.54) is 0 Å². The SMILES string of the molecule is COc1ccc(-n2nc(C)c3c2NC(=O)CC3C(=O)c2cccc3ccccc23)cc1. The first-order valence-electron chi connectivity index (χ1n) is 10.1. The molecule has 0 spiro atoms. The van der Waals surface area contributed by atoms with Gasteiger partial charge in [0.1, 0.15) is 11.6 Å². The number of benzene rings is 3. The minimum absolute atomic E-state index is 0.0646. The Kier molecular flexibility index (Phi) is 4.55. The van der Waals surface area contributed by atoms with E-state index in [1.807, 2.05) is 73.7 Å². The van der Waals surface area contributed by atoms with Crippen molar-refractivity contribution in [2.75, 3.05) is 12.4 Å². The van der Waals surface area contributed by atoms with E-state index >= 15 is 0 Å². The second-order valence-electron chi connectivity index (χ2n) is 7.65. The predicted octanol–water partition coefficient (Wildman–Crippen LogP) is 4.65. The number of rotatable bonds is 4. The molecule has 0 radical (unpaired) electrons. The van der Waals surface area contributed by atoms with E-state index in [9.17, 15) is 9.59 Å².